The summed E-state index contributed by atoms with van der Waals surface area (Å²) >= 11 is 1.65. The Morgan fingerprint density at radius 3 is 2.80 bits per heavy atom. The van der Waals surface area contributed by atoms with E-state index in [2.05, 4.69) is 5.32 Å². The van der Waals surface area contributed by atoms with Gasteiger partial charge in [0, 0.05) is 17.3 Å². The Kier molecular flexibility index (Phi) is 5.59. The van der Waals surface area contributed by atoms with Crippen molar-refractivity contribution in [1.82, 2.24) is 5.32 Å². The number of nitrogens with one attached hydrogen (secondary N) is 1. The van der Waals surface area contributed by atoms with Crippen LogP contribution in [-0.4, -0.2) is 23.0 Å². The van der Waals surface area contributed by atoms with E-state index in [1.807, 2.05) is 17.5 Å². The van der Waals surface area contributed by atoms with Gasteiger partial charge in [0.1, 0.15) is 0 Å². The van der Waals surface area contributed by atoms with Crippen LogP contribution in [0.3, 0.4) is 0 Å². The molecule has 0 saturated heterocycles. The number of rotatable bonds is 5. The monoisotopic (exact) mass is 295 g/mol. The lowest BCUT2D eigenvalue weighted by Crippen LogP contribution is -2.42. The Morgan fingerprint density at radius 1 is 1.30 bits per heavy atom. The van der Waals surface area contributed by atoms with Crippen LogP contribution in [0.2, 0.25) is 0 Å². The standard InChI is InChI=1S/C15H21NO3S/c17-14(9-8-11-5-4-10-20-11)16-13-7-3-1-2-6-12(13)15(18)19/h4-5,10,12-13H,1-3,6-9H2,(H,16,17)(H,18,19)/t12-,13+/m0/s1. The molecule has 0 spiro atoms. The Morgan fingerprint density at radius 2 is 2.10 bits per heavy atom. The van der Waals surface area contributed by atoms with Crippen LogP contribution >= 0.6 is 11.3 Å². The van der Waals surface area contributed by atoms with Crippen molar-refractivity contribution < 1.29 is 14.7 Å². The molecule has 2 N–H and O–H groups in total. The molecule has 2 rings (SSSR count). The second-order valence-corrected chi connectivity index (χ2v) is 6.37. The summed E-state index contributed by atoms with van der Waals surface area (Å²) in [6.45, 7) is 0. The Labute approximate surface area is 123 Å². The summed E-state index contributed by atoms with van der Waals surface area (Å²) in [6.07, 6.45) is 5.62. The zero-order valence-corrected chi connectivity index (χ0v) is 12.3. The second-order valence-electron chi connectivity index (χ2n) is 5.34. The maximum atomic E-state index is 12.0. The summed E-state index contributed by atoms with van der Waals surface area (Å²) in [6, 6.07) is 3.79. The van der Waals surface area contributed by atoms with E-state index in [0.29, 0.717) is 12.8 Å². The fourth-order valence-electron chi connectivity index (χ4n) is 2.75. The number of hydrogen-bond donors (Lipinski definition) is 2. The van der Waals surface area contributed by atoms with E-state index in [-0.39, 0.29) is 11.9 Å². The molecule has 0 unspecified atom stereocenters. The van der Waals surface area contributed by atoms with Crippen molar-refractivity contribution in [3.05, 3.63) is 22.4 Å². The van der Waals surface area contributed by atoms with Crippen LogP contribution in [0.5, 0.6) is 0 Å². The van der Waals surface area contributed by atoms with E-state index >= 15 is 0 Å². The molecule has 110 valence electrons. The lowest BCUT2D eigenvalue weighted by Gasteiger charge is -2.22. The Bertz CT molecular complexity index is 444. The molecule has 0 aliphatic heterocycles. The summed E-state index contributed by atoms with van der Waals surface area (Å²) in [5, 5.41) is 14.2. The van der Waals surface area contributed by atoms with Crippen LogP contribution in [-0.2, 0) is 16.0 Å². The molecular weight excluding hydrogens is 274 g/mol. The van der Waals surface area contributed by atoms with E-state index in [1.54, 1.807) is 11.3 Å². The van der Waals surface area contributed by atoms with Gasteiger partial charge in [-0.05, 0) is 30.7 Å². The van der Waals surface area contributed by atoms with Gasteiger partial charge in [-0.25, -0.2) is 0 Å². The van der Waals surface area contributed by atoms with E-state index in [0.717, 1.165) is 32.1 Å². The molecule has 1 aliphatic carbocycles. The minimum atomic E-state index is -0.782. The molecule has 2 atom stereocenters. The molecule has 0 bridgehead atoms. The summed E-state index contributed by atoms with van der Waals surface area (Å²) in [7, 11) is 0. The summed E-state index contributed by atoms with van der Waals surface area (Å²) < 4.78 is 0. The average molecular weight is 295 g/mol. The summed E-state index contributed by atoms with van der Waals surface area (Å²) in [4.78, 5) is 24.5. The van der Waals surface area contributed by atoms with Crippen LogP contribution in [0.25, 0.3) is 0 Å². The van der Waals surface area contributed by atoms with Crippen molar-refractivity contribution in [2.45, 2.75) is 51.0 Å². The number of thiophene rings is 1. The van der Waals surface area contributed by atoms with Crippen LogP contribution < -0.4 is 5.32 Å². The molecular formula is C15H21NO3S. The topological polar surface area (TPSA) is 66.4 Å². The highest BCUT2D eigenvalue weighted by atomic mass is 32.1. The minimum Gasteiger partial charge on any atom is -0.481 e. The normalized spacial score (nSPS) is 23.0. The molecule has 5 heteroatoms. The largest absolute Gasteiger partial charge is 0.481 e. The van der Waals surface area contributed by atoms with Crippen molar-refractivity contribution >= 4 is 23.2 Å². The number of carboxylic acid groups (broad SMARTS) is 1. The van der Waals surface area contributed by atoms with Gasteiger partial charge in [0.15, 0.2) is 0 Å². The molecule has 20 heavy (non-hydrogen) atoms. The second kappa shape index (κ2) is 7.43. The number of carboxylic acids is 1. The van der Waals surface area contributed by atoms with Crippen LogP contribution in [0.4, 0.5) is 0 Å². The minimum absolute atomic E-state index is 0.0310. The third-order valence-electron chi connectivity index (χ3n) is 3.86. The maximum Gasteiger partial charge on any atom is 0.308 e. The third-order valence-corrected chi connectivity index (χ3v) is 4.79. The first-order valence-electron chi connectivity index (χ1n) is 7.21. The molecule has 1 aliphatic rings. The molecule has 1 aromatic heterocycles. The van der Waals surface area contributed by atoms with Crippen LogP contribution in [0.1, 0.15) is 43.4 Å². The predicted octanol–water partition coefficient (Wildman–Crippen LogP) is 2.83. The number of aliphatic carboxylic acids is 1. The van der Waals surface area contributed by atoms with E-state index < -0.39 is 11.9 Å². The molecule has 4 nitrogen and oxygen atoms in total. The maximum absolute atomic E-state index is 12.0. The number of carbonyl (C=O) groups is 2. The highest BCUT2D eigenvalue weighted by molar-refractivity contribution is 7.09. The van der Waals surface area contributed by atoms with Crippen molar-refractivity contribution in [3.8, 4) is 0 Å². The predicted molar refractivity (Wildman–Crippen MR) is 78.8 cm³/mol. The van der Waals surface area contributed by atoms with Gasteiger partial charge in [-0.15, -0.1) is 11.3 Å². The van der Waals surface area contributed by atoms with E-state index in [9.17, 15) is 14.7 Å². The first-order chi connectivity index (χ1) is 9.66. The zero-order valence-electron chi connectivity index (χ0n) is 11.5. The Hall–Kier alpha value is -1.36. The van der Waals surface area contributed by atoms with Gasteiger partial charge in [-0.1, -0.05) is 25.3 Å². The molecule has 0 aromatic carbocycles. The smallest absolute Gasteiger partial charge is 0.308 e. The van der Waals surface area contributed by atoms with E-state index in [4.69, 9.17) is 0 Å². The van der Waals surface area contributed by atoms with Gasteiger partial charge in [-0.3, -0.25) is 9.59 Å². The number of carbonyl (C=O) groups excluding carboxylic acids is 1. The fourth-order valence-corrected chi connectivity index (χ4v) is 3.46. The molecule has 0 radical (unpaired) electrons. The van der Waals surface area contributed by atoms with Crippen LogP contribution in [0.15, 0.2) is 17.5 Å². The van der Waals surface area contributed by atoms with Gasteiger partial charge in [0.2, 0.25) is 5.91 Å². The lowest BCUT2D eigenvalue weighted by atomic mass is 9.94. The van der Waals surface area contributed by atoms with E-state index in [1.165, 1.54) is 4.88 Å². The van der Waals surface area contributed by atoms with Crippen molar-refractivity contribution in [2.75, 3.05) is 0 Å². The van der Waals surface area contributed by atoms with Gasteiger partial charge < -0.3 is 10.4 Å². The third kappa shape index (κ3) is 4.34. The summed E-state index contributed by atoms with van der Waals surface area (Å²) in [5.74, 6) is -1.24. The van der Waals surface area contributed by atoms with Crippen molar-refractivity contribution in [2.24, 2.45) is 5.92 Å². The average Bonchev–Trinajstić information content (AvgIpc) is 2.82. The van der Waals surface area contributed by atoms with Gasteiger partial charge in [0.05, 0.1) is 5.92 Å². The molecule has 1 aromatic rings. The van der Waals surface area contributed by atoms with Gasteiger partial charge >= 0.3 is 5.97 Å². The highest BCUT2D eigenvalue weighted by Crippen LogP contribution is 2.24. The highest BCUT2D eigenvalue weighted by Gasteiger charge is 2.30. The quantitative estimate of drug-likeness (QED) is 0.821. The first-order valence-corrected chi connectivity index (χ1v) is 8.09. The zero-order chi connectivity index (χ0) is 14.4. The number of amides is 1. The van der Waals surface area contributed by atoms with Gasteiger partial charge in [-0.2, -0.15) is 0 Å². The van der Waals surface area contributed by atoms with Crippen molar-refractivity contribution in [1.29, 1.82) is 0 Å². The Balaban J connectivity index is 1.85. The molecule has 1 fully saturated rings. The van der Waals surface area contributed by atoms with Crippen molar-refractivity contribution in [3.63, 3.8) is 0 Å². The SMILES string of the molecule is O=C(CCc1cccs1)N[C@@H]1CCCCC[C@@H]1C(=O)O. The van der Waals surface area contributed by atoms with Gasteiger partial charge in [0.25, 0.3) is 0 Å². The fraction of sp³-hybridized carbons (Fsp3) is 0.600. The molecule has 1 saturated carbocycles. The molecule has 1 heterocycles. The number of hydrogen-bond acceptors (Lipinski definition) is 3. The van der Waals surface area contributed by atoms with Crippen LogP contribution in [0, 0.1) is 5.92 Å². The molecule has 1 amide bonds. The first kappa shape index (κ1) is 15.0. The summed E-state index contributed by atoms with van der Waals surface area (Å²) in [5.41, 5.74) is 0. The number of aryl methyl sites for hydroxylation is 1. The lowest BCUT2D eigenvalue weighted by molar-refractivity contribution is -0.143.